The van der Waals surface area contributed by atoms with Crippen LogP contribution in [0.15, 0.2) is 42.7 Å². The lowest BCUT2D eigenvalue weighted by molar-refractivity contribution is -0.126. The molecule has 0 unspecified atom stereocenters. The van der Waals surface area contributed by atoms with Gasteiger partial charge in [-0.25, -0.2) is 14.4 Å². The van der Waals surface area contributed by atoms with Crippen molar-refractivity contribution in [3.05, 3.63) is 54.1 Å². The fourth-order valence-corrected chi connectivity index (χ4v) is 3.30. The number of halogens is 1. The second-order valence-electron chi connectivity index (χ2n) is 6.05. The van der Waals surface area contributed by atoms with E-state index in [-0.39, 0.29) is 11.7 Å². The first-order valence-electron chi connectivity index (χ1n) is 8.26. The molecule has 3 rings (SSSR count). The van der Waals surface area contributed by atoms with E-state index in [1.165, 1.54) is 12.1 Å². The van der Waals surface area contributed by atoms with Gasteiger partial charge in [-0.05, 0) is 36.6 Å². The van der Waals surface area contributed by atoms with Crippen LogP contribution < -0.4 is 10.6 Å². The normalized spacial score (nSPS) is 15.9. The molecule has 1 aliphatic rings. The van der Waals surface area contributed by atoms with Crippen LogP contribution in [0.5, 0.6) is 0 Å². The summed E-state index contributed by atoms with van der Waals surface area (Å²) in [5.41, 5.74) is 0.370. The van der Waals surface area contributed by atoms with Crippen LogP contribution >= 0.6 is 0 Å². The smallest absolute Gasteiger partial charge is 0.230 e. The average molecular weight is 328 g/mol. The fourth-order valence-electron chi connectivity index (χ4n) is 3.30. The molecule has 1 fully saturated rings. The van der Waals surface area contributed by atoms with Gasteiger partial charge in [0.25, 0.3) is 0 Å². The molecule has 1 saturated carbocycles. The number of hydrogen-bond acceptors (Lipinski definition) is 4. The Morgan fingerprint density at radius 3 is 2.42 bits per heavy atom. The maximum absolute atomic E-state index is 13.2. The van der Waals surface area contributed by atoms with Crippen LogP contribution in [0.3, 0.4) is 0 Å². The number of benzene rings is 1. The maximum atomic E-state index is 13.2. The number of aromatic nitrogens is 2. The van der Waals surface area contributed by atoms with Gasteiger partial charge in [0, 0.05) is 25.5 Å². The summed E-state index contributed by atoms with van der Waals surface area (Å²) in [7, 11) is 0. The number of nitrogens with zero attached hydrogens (tertiary/aromatic N) is 2. The van der Waals surface area contributed by atoms with E-state index in [0.717, 1.165) is 31.2 Å². The minimum absolute atomic E-state index is 0.0161. The first-order chi connectivity index (χ1) is 11.7. The summed E-state index contributed by atoms with van der Waals surface area (Å²) in [4.78, 5) is 20.9. The van der Waals surface area contributed by atoms with E-state index < -0.39 is 5.41 Å². The Bertz CT molecular complexity index is 669. The van der Waals surface area contributed by atoms with Crippen LogP contribution in [0.4, 0.5) is 10.3 Å². The first-order valence-corrected chi connectivity index (χ1v) is 8.26. The average Bonchev–Trinajstić information content (AvgIpc) is 3.11. The Hall–Kier alpha value is -2.50. The van der Waals surface area contributed by atoms with Crippen LogP contribution in [0, 0.1) is 5.82 Å². The van der Waals surface area contributed by atoms with Gasteiger partial charge in [-0.3, -0.25) is 4.79 Å². The monoisotopic (exact) mass is 328 g/mol. The van der Waals surface area contributed by atoms with Crippen molar-refractivity contribution in [1.29, 1.82) is 0 Å². The van der Waals surface area contributed by atoms with Crippen molar-refractivity contribution in [1.82, 2.24) is 15.3 Å². The molecule has 2 N–H and O–H groups in total. The topological polar surface area (TPSA) is 66.9 Å². The lowest BCUT2D eigenvalue weighted by Crippen LogP contribution is -2.44. The van der Waals surface area contributed by atoms with Gasteiger partial charge in [-0.2, -0.15) is 0 Å². The third-order valence-electron chi connectivity index (χ3n) is 4.55. The first kappa shape index (κ1) is 16.4. The highest BCUT2D eigenvalue weighted by molar-refractivity contribution is 5.88. The van der Waals surface area contributed by atoms with E-state index in [1.54, 1.807) is 30.6 Å². The summed E-state index contributed by atoms with van der Waals surface area (Å²) in [6.07, 6.45) is 6.97. The van der Waals surface area contributed by atoms with Crippen LogP contribution in [0.1, 0.15) is 31.2 Å². The van der Waals surface area contributed by atoms with Gasteiger partial charge < -0.3 is 10.6 Å². The highest BCUT2D eigenvalue weighted by Crippen LogP contribution is 2.41. The van der Waals surface area contributed by atoms with Crippen molar-refractivity contribution in [2.45, 2.75) is 31.1 Å². The molecule has 1 heterocycles. The zero-order valence-electron chi connectivity index (χ0n) is 13.5. The molecule has 0 atom stereocenters. The highest BCUT2D eigenvalue weighted by atomic mass is 19.1. The van der Waals surface area contributed by atoms with Crippen molar-refractivity contribution in [3.8, 4) is 0 Å². The number of rotatable bonds is 6. The third kappa shape index (κ3) is 3.53. The molecule has 126 valence electrons. The van der Waals surface area contributed by atoms with Gasteiger partial charge >= 0.3 is 0 Å². The van der Waals surface area contributed by atoms with E-state index in [1.807, 2.05) is 0 Å². The van der Waals surface area contributed by atoms with E-state index in [0.29, 0.717) is 19.0 Å². The molecule has 5 nitrogen and oxygen atoms in total. The molecule has 24 heavy (non-hydrogen) atoms. The summed E-state index contributed by atoms with van der Waals surface area (Å²) in [6, 6.07) is 8.07. The largest absolute Gasteiger partial charge is 0.354 e. The summed E-state index contributed by atoms with van der Waals surface area (Å²) in [5, 5.41) is 6.06. The van der Waals surface area contributed by atoms with Crippen molar-refractivity contribution in [3.63, 3.8) is 0 Å². The summed E-state index contributed by atoms with van der Waals surface area (Å²) in [5.74, 6) is 0.280. The molecule has 0 saturated heterocycles. The van der Waals surface area contributed by atoms with E-state index >= 15 is 0 Å². The van der Waals surface area contributed by atoms with Crippen molar-refractivity contribution in [2.75, 3.05) is 18.4 Å². The Labute approximate surface area is 140 Å². The molecule has 0 radical (unpaired) electrons. The molecule has 1 aliphatic carbocycles. The second kappa shape index (κ2) is 7.38. The molecule has 1 aromatic carbocycles. The van der Waals surface area contributed by atoms with Gasteiger partial charge in [0.2, 0.25) is 11.9 Å². The summed E-state index contributed by atoms with van der Waals surface area (Å²) >= 11 is 0. The number of hydrogen-bond donors (Lipinski definition) is 2. The van der Waals surface area contributed by atoms with Crippen molar-refractivity contribution < 1.29 is 9.18 Å². The molecule has 0 bridgehead atoms. The van der Waals surface area contributed by atoms with Gasteiger partial charge in [0.1, 0.15) is 5.82 Å². The molecule has 0 aliphatic heterocycles. The second-order valence-corrected chi connectivity index (χ2v) is 6.05. The van der Waals surface area contributed by atoms with Gasteiger partial charge in [0.15, 0.2) is 0 Å². The predicted molar refractivity (Wildman–Crippen MR) is 90.1 cm³/mol. The summed E-state index contributed by atoms with van der Waals surface area (Å²) < 4.78 is 13.2. The van der Waals surface area contributed by atoms with Gasteiger partial charge in [-0.15, -0.1) is 0 Å². The number of carbonyl (C=O) groups is 1. The molecule has 0 spiro atoms. The third-order valence-corrected chi connectivity index (χ3v) is 4.55. The minimum atomic E-state index is -0.531. The Morgan fingerprint density at radius 2 is 1.75 bits per heavy atom. The Balaban J connectivity index is 1.60. The molecule has 1 aromatic heterocycles. The summed E-state index contributed by atoms with van der Waals surface area (Å²) in [6.45, 7) is 1.04. The van der Waals surface area contributed by atoms with Gasteiger partial charge in [0.05, 0.1) is 5.41 Å². The number of carbonyl (C=O) groups excluding carboxylic acids is 1. The zero-order valence-corrected chi connectivity index (χ0v) is 13.5. The predicted octanol–water partition coefficient (Wildman–Crippen LogP) is 2.66. The molecular weight excluding hydrogens is 307 g/mol. The highest BCUT2D eigenvalue weighted by Gasteiger charge is 2.42. The maximum Gasteiger partial charge on any atom is 0.230 e. The van der Waals surface area contributed by atoms with E-state index in [9.17, 15) is 9.18 Å². The molecular formula is C18H21FN4O. The standard InChI is InChI=1S/C18H21FN4O/c19-15-6-4-14(5-7-15)18(8-1-2-9-18)16(24)20-12-13-23-17-21-10-3-11-22-17/h3-7,10-11H,1-2,8-9,12-13H2,(H,20,24)(H,21,22,23). The molecule has 6 heteroatoms. The van der Waals surface area contributed by atoms with E-state index in [2.05, 4.69) is 20.6 Å². The van der Waals surface area contributed by atoms with Crippen molar-refractivity contribution >= 4 is 11.9 Å². The lowest BCUT2D eigenvalue weighted by atomic mass is 9.78. The number of anilines is 1. The molecule has 2 aromatic rings. The number of nitrogens with one attached hydrogen (secondary N) is 2. The van der Waals surface area contributed by atoms with Crippen LogP contribution in [0.2, 0.25) is 0 Å². The van der Waals surface area contributed by atoms with E-state index in [4.69, 9.17) is 0 Å². The number of amides is 1. The SMILES string of the molecule is O=C(NCCNc1ncccn1)C1(c2ccc(F)cc2)CCCC1. The Kier molecular flexibility index (Phi) is 5.03. The lowest BCUT2D eigenvalue weighted by Gasteiger charge is -2.28. The van der Waals surface area contributed by atoms with Crippen molar-refractivity contribution in [2.24, 2.45) is 0 Å². The fraction of sp³-hybridized carbons (Fsp3) is 0.389. The minimum Gasteiger partial charge on any atom is -0.354 e. The van der Waals surface area contributed by atoms with Crippen LogP contribution in [-0.4, -0.2) is 29.0 Å². The Morgan fingerprint density at radius 1 is 1.08 bits per heavy atom. The van der Waals surface area contributed by atoms with Gasteiger partial charge in [-0.1, -0.05) is 25.0 Å². The molecule has 1 amide bonds. The quantitative estimate of drug-likeness (QED) is 0.800. The van der Waals surface area contributed by atoms with Crippen LogP contribution in [0.25, 0.3) is 0 Å². The van der Waals surface area contributed by atoms with Crippen LogP contribution in [-0.2, 0) is 10.2 Å². The zero-order chi connectivity index (χ0) is 16.8.